The number of hydrogen-bond acceptors (Lipinski definition) is 9. The zero-order chi connectivity index (χ0) is 24.1. The van der Waals surface area contributed by atoms with Gasteiger partial charge in [-0.05, 0) is 46.2 Å². The quantitative estimate of drug-likeness (QED) is 0.306. The lowest BCUT2D eigenvalue weighted by molar-refractivity contribution is -0.137. The standard InChI is InChI=1S/C24H25ClN6O2S2/c25-24-26-17-6-11-35-20(17)21(28-24)30-9-7-29(8-10-30)12-14-2-1-3-15-16(14)13-31(23(15)34)18-4-5-19(32)27-22(18)33/h1-3,6,11,18,23,34H,4-5,7-10,12-13H2,(H,27,32,33). The largest absolute Gasteiger partial charge is 0.353 e. The number of piperazine rings is 1. The number of fused-ring (bicyclic) bond motifs is 2. The number of rotatable bonds is 4. The summed E-state index contributed by atoms with van der Waals surface area (Å²) in [5.41, 5.74) is 4.58. The van der Waals surface area contributed by atoms with Crippen molar-refractivity contribution in [3.05, 3.63) is 51.6 Å². The number of thiophene rings is 1. The molecule has 2 aromatic heterocycles. The maximum absolute atomic E-state index is 12.5. The van der Waals surface area contributed by atoms with Crippen LogP contribution in [0.5, 0.6) is 0 Å². The molecule has 0 aliphatic carbocycles. The van der Waals surface area contributed by atoms with Crippen molar-refractivity contribution in [2.24, 2.45) is 0 Å². The topological polar surface area (TPSA) is 81.7 Å². The highest BCUT2D eigenvalue weighted by Crippen LogP contribution is 2.41. The van der Waals surface area contributed by atoms with E-state index in [0.29, 0.717) is 19.4 Å². The number of imide groups is 1. The van der Waals surface area contributed by atoms with Crippen molar-refractivity contribution in [2.45, 2.75) is 37.3 Å². The first-order valence-corrected chi connectivity index (χ1v) is 13.5. The van der Waals surface area contributed by atoms with Crippen molar-refractivity contribution in [3.63, 3.8) is 0 Å². The number of anilines is 1. The fraction of sp³-hybridized carbons (Fsp3) is 0.417. The van der Waals surface area contributed by atoms with Crippen molar-refractivity contribution in [1.82, 2.24) is 25.1 Å². The zero-order valence-electron chi connectivity index (χ0n) is 19.0. The number of hydrogen-bond donors (Lipinski definition) is 2. The van der Waals surface area contributed by atoms with Crippen LogP contribution in [0.25, 0.3) is 10.2 Å². The molecule has 1 aromatic carbocycles. The third kappa shape index (κ3) is 4.31. The van der Waals surface area contributed by atoms with Gasteiger partial charge in [-0.25, -0.2) is 4.98 Å². The summed E-state index contributed by atoms with van der Waals surface area (Å²) in [6.45, 7) is 5.08. The van der Waals surface area contributed by atoms with Crippen LogP contribution < -0.4 is 10.2 Å². The average Bonchev–Trinajstić information content (AvgIpc) is 3.44. The van der Waals surface area contributed by atoms with E-state index < -0.39 is 0 Å². The van der Waals surface area contributed by atoms with Gasteiger partial charge in [0.05, 0.1) is 21.6 Å². The lowest BCUT2D eigenvalue weighted by Gasteiger charge is -2.36. The first-order valence-electron chi connectivity index (χ1n) is 11.7. The summed E-state index contributed by atoms with van der Waals surface area (Å²) in [7, 11) is 0. The van der Waals surface area contributed by atoms with Crippen molar-refractivity contribution in [3.8, 4) is 0 Å². The predicted molar refractivity (Wildman–Crippen MR) is 140 cm³/mol. The molecule has 0 radical (unpaired) electrons. The Balaban J connectivity index is 1.15. The number of carbonyl (C=O) groups excluding carboxylic acids is 2. The molecule has 6 rings (SSSR count). The number of aromatic nitrogens is 2. The second-order valence-electron chi connectivity index (χ2n) is 9.21. The van der Waals surface area contributed by atoms with E-state index in [-0.39, 0.29) is 28.5 Å². The molecular formula is C24H25ClN6O2S2. The summed E-state index contributed by atoms with van der Waals surface area (Å²) >= 11 is 12.7. The van der Waals surface area contributed by atoms with Gasteiger partial charge in [0, 0.05) is 45.7 Å². The van der Waals surface area contributed by atoms with E-state index in [1.54, 1.807) is 11.3 Å². The van der Waals surface area contributed by atoms with Crippen LogP contribution in [-0.4, -0.2) is 63.8 Å². The van der Waals surface area contributed by atoms with E-state index in [4.69, 9.17) is 24.2 Å². The summed E-state index contributed by atoms with van der Waals surface area (Å²) in [5, 5.41) is 4.64. The number of thiol groups is 1. The van der Waals surface area contributed by atoms with Crippen LogP contribution in [0.15, 0.2) is 29.6 Å². The Morgan fingerprint density at radius 3 is 2.77 bits per heavy atom. The molecule has 5 heterocycles. The maximum atomic E-state index is 12.5. The van der Waals surface area contributed by atoms with Gasteiger partial charge in [0.1, 0.15) is 0 Å². The van der Waals surface area contributed by atoms with Gasteiger partial charge in [-0.1, -0.05) is 18.2 Å². The van der Waals surface area contributed by atoms with Crippen LogP contribution in [0.3, 0.4) is 0 Å². The second-order valence-corrected chi connectivity index (χ2v) is 11.0. The number of amides is 2. The van der Waals surface area contributed by atoms with Gasteiger partial charge in [-0.15, -0.1) is 11.3 Å². The highest BCUT2D eigenvalue weighted by molar-refractivity contribution is 7.80. The van der Waals surface area contributed by atoms with Gasteiger partial charge in [0.15, 0.2) is 5.82 Å². The number of nitrogens with one attached hydrogen (secondary N) is 1. The van der Waals surface area contributed by atoms with Crippen LogP contribution in [0, 0.1) is 0 Å². The molecule has 2 unspecified atom stereocenters. The molecule has 0 saturated carbocycles. The Morgan fingerprint density at radius 1 is 1.14 bits per heavy atom. The average molecular weight is 529 g/mol. The molecule has 3 aromatic rings. The van der Waals surface area contributed by atoms with Crippen molar-refractivity contribution in [1.29, 1.82) is 0 Å². The molecule has 1 N–H and O–H groups in total. The number of halogens is 1. The van der Waals surface area contributed by atoms with Gasteiger partial charge in [-0.3, -0.25) is 24.7 Å². The number of nitrogens with zero attached hydrogens (tertiary/aromatic N) is 5. The number of piperidine rings is 1. The molecule has 3 aliphatic rings. The molecular weight excluding hydrogens is 504 g/mol. The first kappa shape index (κ1) is 23.2. The van der Waals surface area contributed by atoms with Gasteiger partial charge in [0.25, 0.3) is 0 Å². The Bertz CT molecular complexity index is 1310. The predicted octanol–water partition coefficient (Wildman–Crippen LogP) is 3.22. The molecule has 2 atom stereocenters. The summed E-state index contributed by atoms with van der Waals surface area (Å²) < 4.78 is 1.08. The van der Waals surface area contributed by atoms with Crippen LogP contribution in [0.2, 0.25) is 5.28 Å². The molecule has 2 amide bonds. The molecule has 0 bridgehead atoms. The third-order valence-corrected chi connectivity index (χ3v) is 8.82. The third-order valence-electron chi connectivity index (χ3n) is 7.18. The summed E-state index contributed by atoms with van der Waals surface area (Å²) in [5.74, 6) is 0.519. The molecule has 35 heavy (non-hydrogen) atoms. The molecule has 3 aliphatic heterocycles. The van der Waals surface area contributed by atoms with Gasteiger partial charge in [0.2, 0.25) is 17.1 Å². The van der Waals surface area contributed by atoms with Gasteiger partial charge >= 0.3 is 0 Å². The second kappa shape index (κ2) is 9.33. The van der Waals surface area contributed by atoms with Crippen molar-refractivity contribution >= 4 is 63.4 Å². The van der Waals surface area contributed by atoms with Gasteiger partial charge < -0.3 is 4.90 Å². The number of benzene rings is 1. The fourth-order valence-electron chi connectivity index (χ4n) is 5.36. The summed E-state index contributed by atoms with van der Waals surface area (Å²) in [4.78, 5) is 39.8. The summed E-state index contributed by atoms with van der Waals surface area (Å²) in [6.07, 6.45) is 0.910. The molecule has 0 spiro atoms. The molecule has 182 valence electrons. The van der Waals surface area contributed by atoms with E-state index in [0.717, 1.165) is 54.3 Å². The van der Waals surface area contributed by atoms with Crippen LogP contribution in [-0.2, 0) is 22.7 Å². The van der Waals surface area contributed by atoms with E-state index >= 15 is 0 Å². The van der Waals surface area contributed by atoms with E-state index in [1.807, 2.05) is 11.4 Å². The lowest BCUT2D eigenvalue weighted by atomic mass is 10.0. The lowest BCUT2D eigenvalue weighted by Crippen LogP contribution is -2.51. The van der Waals surface area contributed by atoms with E-state index in [2.05, 4.69) is 48.2 Å². The van der Waals surface area contributed by atoms with E-state index in [9.17, 15) is 9.59 Å². The van der Waals surface area contributed by atoms with E-state index in [1.165, 1.54) is 11.1 Å². The Hall–Kier alpha value is -2.24. The Labute approximate surface area is 217 Å². The van der Waals surface area contributed by atoms with Crippen molar-refractivity contribution in [2.75, 3.05) is 31.1 Å². The molecule has 8 nitrogen and oxygen atoms in total. The Kier molecular flexibility index (Phi) is 6.18. The molecule has 2 saturated heterocycles. The smallest absolute Gasteiger partial charge is 0.243 e. The van der Waals surface area contributed by atoms with Gasteiger partial charge in [-0.2, -0.15) is 17.6 Å². The normalized spacial score (nSPS) is 23.7. The SMILES string of the molecule is O=C1CCC(N2Cc3c(CN4CCN(c5nc(Cl)nc6ccsc56)CC4)cccc3C2S)C(=O)N1. The fourth-order valence-corrected chi connectivity index (χ4v) is 6.86. The monoisotopic (exact) mass is 528 g/mol. The van der Waals surface area contributed by atoms with Crippen LogP contribution in [0.4, 0.5) is 5.82 Å². The molecule has 11 heteroatoms. The van der Waals surface area contributed by atoms with Crippen LogP contribution in [0.1, 0.15) is 34.9 Å². The zero-order valence-corrected chi connectivity index (χ0v) is 21.5. The maximum Gasteiger partial charge on any atom is 0.243 e. The highest BCUT2D eigenvalue weighted by Gasteiger charge is 2.39. The Morgan fingerprint density at radius 2 is 1.97 bits per heavy atom. The summed E-state index contributed by atoms with van der Waals surface area (Å²) in [6, 6.07) is 8.02. The highest BCUT2D eigenvalue weighted by atomic mass is 35.5. The minimum atomic E-state index is -0.326. The number of carbonyl (C=O) groups is 2. The molecule has 2 fully saturated rings. The minimum Gasteiger partial charge on any atom is -0.353 e. The minimum absolute atomic E-state index is 0.151. The van der Waals surface area contributed by atoms with Crippen LogP contribution >= 0.6 is 35.6 Å². The van der Waals surface area contributed by atoms with Crippen molar-refractivity contribution < 1.29 is 9.59 Å². The first-order chi connectivity index (χ1) is 17.0.